The number of anilines is 1. The van der Waals surface area contributed by atoms with Gasteiger partial charge in [0.25, 0.3) is 0 Å². The van der Waals surface area contributed by atoms with E-state index < -0.39 is 0 Å². The van der Waals surface area contributed by atoms with Crippen LogP contribution in [-0.2, 0) is 6.54 Å². The van der Waals surface area contributed by atoms with Gasteiger partial charge in [-0.15, -0.1) is 0 Å². The van der Waals surface area contributed by atoms with Gasteiger partial charge < -0.3 is 10.6 Å². The number of nitrogens with zero attached hydrogens (tertiary/aromatic N) is 4. The van der Waals surface area contributed by atoms with Gasteiger partial charge in [0.1, 0.15) is 0 Å². The molecule has 7 heteroatoms. The minimum atomic E-state index is 0.485. The zero-order valence-electron chi connectivity index (χ0n) is 10.7. The lowest BCUT2D eigenvalue weighted by molar-refractivity contribution is 0.768. The number of hydrogen-bond acceptors (Lipinski definition) is 5. The van der Waals surface area contributed by atoms with Crippen molar-refractivity contribution in [3.8, 4) is 0 Å². The average Bonchev–Trinajstić information content (AvgIpc) is 2.45. The third-order valence-electron chi connectivity index (χ3n) is 2.61. The fourth-order valence-corrected chi connectivity index (χ4v) is 1.97. The molecule has 0 amide bonds. The molecule has 0 saturated carbocycles. The molecule has 0 aliphatic rings. The second-order valence-corrected chi connectivity index (χ2v) is 5.64. The molecule has 0 atom stereocenters. The van der Waals surface area contributed by atoms with Crippen LogP contribution < -0.4 is 10.6 Å². The molecule has 0 aliphatic carbocycles. The summed E-state index contributed by atoms with van der Waals surface area (Å²) in [5.74, 6) is 0.647. The highest BCUT2D eigenvalue weighted by atomic mass is 79.9. The summed E-state index contributed by atoms with van der Waals surface area (Å²) < 4.78 is 0.844. The molecular weight excluding hydrogens is 338 g/mol. The second-order valence-electron chi connectivity index (χ2n) is 4.20. The van der Waals surface area contributed by atoms with Crippen LogP contribution in [0.4, 0.5) is 5.95 Å². The number of aromatic nitrogens is 3. The summed E-state index contributed by atoms with van der Waals surface area (Å²) in [5, 5.41) is 0. The van der Waals surface area contributed by atoms with Gasteiger partial charge in [0, 0.05) is 44.3 Å². The van der Waals surface area contributed by atoms with Gasteiger partial charge in [0.05, 0.1) is 9.46 Å². The van der Waals surface area contributed by atoms with Crippen molar-refractivity contribution < 1.29 is 0 Å². The predicted octanol–water partition coefficient (Wildman–Crippen LogP) is 2.32. The summed E-state index contributed by atoms with van der Waals surface area (Å²) in [6.45, 7) is 1.34. The van der Waals surface area contributed by atoms with Crippen molar-refractivity contribution in [3.63, 3.8) is 0 Å². The Bertz CT molecular complexity index is 561. The van der Waals surface area contributed by atoms with Crippen LogP contribution in [0.1, 0.15) is 12.0 Å². The summed E-state index contributed by atoms with van der Waals surface area (Å²) >= 11 is 8.27. The van der Waals surface area contributed by atoms with Gasteiger partial charge in [0.15, 0.2) is 0 Å². The van der Waals surface area contributed by atoms with Crippen LogP contribution in [-0.4, -0.2) is 26.5 Å². The number of nitrogens with two attached hydrogens (primary N) is 1. The second kappa shape index (κ2) is 7.25. The highest BCUT2D eigenvalue weighted by Gasteiger charge is 2.10. The SMILES string of the molecule is NC(=S)CCN(Cc1cccnc1)c1ncc(Br)cn1. The predicted molar refractivity (Wildman–Crippen MR) is 86.4 cm³/mol. The summed E-state index contributed by atoms with van der Waals surface area (Å²) in [5.41, 5.74) is 6.67. The van der Waals surface area contributed by atoms with Gasteiger partial charge in [0.2, 0.25) is 5.95 Å². The molecule has 20 heavy (non-hydrogen) atoms. The first-order valence-electron chi connectivity index (χ1n) is 6.05. The Morgan fingerprint density at radius 2 is 2.05 bits per heavy atom. The number of thiocarbonyl (C=S) groups is 1. The Morgan fingerprint density at radius 3 is 2.65 bits per heavy atom. The van der Waals surface area contributed by atoms with Crippen molar-refractivity contribution >= 4 is 39.1 Å². The molecule has 2 N–H and O–H groups in total. The smallest absolute Gasteiger partial charge is 0.225 e. The molecule has 104 valence electrons. The van der Waals surface area contributed by atoms with Crippen molar-refractivity contribution in [1.82, 2.24) is 15.0 Å². The maximum atomic E-state index is 5.58. The van der Waals surface area contributed by atoms with Crippen LogP contribution in [0.15, 0.2) is 41.4 Å². The normalized spacial score (nSPS) is 10.2. The summed E-state index contributed by atoms with van der Waals surface area (Å²) in [4.78, 5) is 15.3. The third kappa shape index (κ3) is 4.50. The average molecular weight is 352 g/mol. The zero-order valence-corrected chi connectivity index (χ0v) is 13.1. The Morgan fingerprint density at radius 1 is 1.30 bits per heavy atom. The summed E-state index contributed by atoms with van der Waals surface area (Å²) in [6.07, 6.45) is 7.64. The topological polar surface area (TPSA) is 67.9 Å². The van der Waals surface area contributed by atoms with Gasteiger partial charge in [-0.2, -0.15) is 0 Å². The van der Waals surface area contributed by atoms with Crippen LogP contribution >= 0.6 is 28.1 Å². The van der Waals surface area contributed by atoms with Crippen LogP contribution in [0, 0.1) is 0 Å². The minimum absolute atomic E-state index is 0.485. The van der Waals surface area contributed by atoms with Gasteiger partial charge in [-0.3, -0.25) is 4.98 Å². The summed E-state index contributed by atoms with van der Waals surface area (Å²) in [7, 11) is 0. The summed E-state index contributed by atoms with van der Waals surface area (Å²) in [6, 6.07) is 3.92. The molecule has 0 saturated heterocycles. The Kier molecular flexibility index (Phi) is 5.37. The fraction of sp³-hybridized carbons (Fsp3) is 0.231. The van der Waals surface area contributed by atoms with Crippen LogP contribution in [0.5, 0.6) is 0 Å². The quantitative estimate of drug-likeness (QED) is 0.805. The zero-order chi connectivity index (χ0) is 14.4. The monoisotopic (exact) mass is 351 g/mol. The van der Waals surface area contributed by atoms with Gasteiger partial charge in [-0.05, 0) is 27.6 Å². The molecule has 5 nitrogen and oxygen atoms in total. The maximum Gasteiger partial charge on any atom is 0.225 e. The third-order valence-corrected chi connectivity index (χ3v) is 3.23. The lowest BCUT2D eigenvalue weighted by Gasteiger charge is -2.22. The largest absolute Gasteiger partial charge is 0.393 e. The molecule has 2 rings (SSSR count). The Labute approximate surface area is 131 Å². The number of hydrogen-bond donors (Lipinski definition) is 1. The standard InChI is InChI=1S/C13H14BrN5S/c14-11-7-17-13(18-8-11)19(5-3-12(15)20)9-10-2-1-4-16-6-10/h1-2,4,6-8H,3,5,9H2,(H2,15,20). The number of rotatable bonds is 6. The van der Waals surface area contributed by atoms with Crippen molar-refractivity contribution in [2.75, 3.05) is 11.4 Å². The van der Waals surface area contributed by atoms with E-state index in [1.807, 2.05) is 23.2 Å². The number of halogens is 1. The Balaban J connectivity index is 2.15. The van der Waals surface area contributed by atoms with Crippen molar-refractivity contribution in [1.29, 1.82) is 0 Å². The maximum absolute atomic E-state index is 5.58. The van der Waals surface area contributed by atoms with E-state index in [1.165, 1.54) is 0 Å². The first-order valence-corrected chi connectivity index (χ1v) is 7.25. The van der Waals surface area contributed by atoms with E-state index >= 15 is 0 Å². The first kappa shape index (κ1) is 14.8. The molecule has 0 aliphatic heterocycles. The van der Waals surface area contributed by atoms with Crippen molar-refractivity contribution in [2.24, 2.45) is 5.73 Å². The Hall–Kier alpha value is -1.60. The molecule has 2 aromatic heterocycles. The van der Waals surface area contributed by atoms with E-state index in [1.54, 1.807) is 18.6 Å². The molecule has 0 bridgehead atoms. The van der Waals surface area contributed by atoms with Crippen molar-refractivity contribution in [2.45, 2.75) is 13.0 Å². The highest BCUT2D eigenvalue weighted by Crippen LogP contribution is 2.14. The molecule has 0 aromatic carbocycles. The molecule has 2 heterocycles. The minimum Gasteiger partial charge on any atom is -0.393 e. The van der Waals surface area contributed by atoms with Gasteiger partial charge in [-0.25, -0.2) is 9.97 Å². The van der Waals surface area contributed by atoms with Gasteiger partial charge >= 0.3 is 0 Å². The van der Waals surface area contributed by atoms with E-state index in [0.29, 0.717) is 30.4 Å². The molecule has 0 spiro atoms. The number of pyridine rings is 1. The van der Waals surface area contributed by atoms with E-state index in [-0.39, 0.29) is 0 Å². The van der Waals surface area contributed by atoms with Crippen LogP contribution in [0.25, 0.3) is 0 Å². The lowest BCUT2D eigenvalue weighted by Crippen LogP contribution is -2.28. The lowest BCUT2D eigenvalue weighted by atomic mass is 10.2. The van der Waals surface area contributed by atoms with E-state index in [0.717, 1.165) is 10.0 Å². The van der Waals surface area contributed by atoms with Crippen molar-refractivity contribution in [3.05, 3.63) is 47.0 Å². The molecule has 0 fully saturated rings. The molecule has 2 aromatic rings. The van der Waals surface area contributed by atoms with E-state index in [4.69, 9.17) is 18.0 Å². The fourth-order valence-electron chi connectivity index (χ4n) is 1.68. The molecular formula is C13H14BrN5S. The molecule has 0 unspecified atom stereocenters. The van der Waals surface area contributed by atoms with E-state index in [9.17, 15) is 0 Å². The molecule has 0 radical (unpaired) electrons. The highest BCUT2D eigenvalue weighted by molar-refractivity contribution is 9.10. The van der Waals surface area contributed by atoms with Crippen LogP contribution in [0.2, 0.25) is 0 Å². The van der Waals surface area contributed by atoms with E-state index in [2.05, 4.69) is 30.9 Å². The van der Waals surface area contributed by atoms with Crippen LogP contribution in [0.3, 0.4) is 0 Å². The van der Waals surface area contributed by atoms with Gasteiger partial charge in [-0.1, -0.05) is 18.3 Å². The first-order chi connectivity index (χ1) is 9.65.